The first-order valence-electron chi connectivity index (χ1n) is 11.0. The van der Waals surface area contributed by atoms with E-state index in [9.17, 15) is 9.59 Å². The summed E-state index contributed by atoms with van der Waals surface area (Å²) in [6.07, 6.45) is 1.07. The van der Waals surface area contributed by atoms with Crippen LogP contribution >= 0.6 is 0 Å². The molecule has 0 heterocycles. The minimum Gasteiger partial charge on any atom is -0.496 e. The molecule has 35 heavy (non-hydrogen) atoms. The van der Waals surface area contributed by atoms with Crippen LogP contribution < -0.4 is 24.8 Å². The van der Waals surface area contributed by atoms with Gasteiger partial charge in [-0.1, -0.05) is 30.0 Å². The molecule has 0 amide bonds. The zero-order valence-corrected chi connectivity index (χ0v) is 20.4. The third-order valence-electron chi connectivity index (χ3n) is 4.78. The van der Waals surface area contributed by atoms with Crippen LogP contribution in [0.5, 0.6) is 17.2 Å². The molecular weight excluding hydrogens is 448 g/mol. The van der Waals surface area contributed by atoms with Crippen LogP contribution in [0.1, 0.15) is 35.7 Å². The highest BCUT2D eigenvalue weighted by Crippen LogP contribution is 2.34. The number of methoxy groups -OCH3 is 3. The van der Waals surface area contributed by atoms with Gasteiger partial charge < -0.3 is 29.6 Å². The third kappa shape index (κ3) is 8.53. The van der Waals surface area contributed by atoms with E-state index in [1.165, 1.54) is 14.2 Å². The van der Waals surface area contributed by atoms with Crippen molar-refractivity contribution in [2.45, 2.75) is 26.2 Å². The van der Waals surface area contributed by atoms with Gasteiger partial charge in [-0.25, -0.2) is 4.79 Å². The summed E-state index contributed by atoms with van der Waals surface area (Å²) in [7, 11) is 4.41. The summed E-state index contributed by atoms with van der Waals surface area (Å²) in [5.74, 6) is 6.61. The lowest BCUT2D eigenvalue weighted by Gasteiger charge is -2.14. The van der Waals surface area contributed by atoms with Crippen molar-refractivity contribution in [1.82, 2.24) is 5.32 Å². The summed E-state index contributed by atoms with van der Waals surface area (Å²) in [4.78, 5) is 24.3. The molecule has 2 rings (SSSR count). The minimum atomic E-state index is -0.518. The summed E-state index contributed by atoms with van der Waals surface area (Å²) in [6.45, 7) is 2.60. The van der Waals surface area contributed by atoms with Crippen molar-refractivity contribution < 1.29 is 28.5 Å². The lowest BCUT2D eigenvalue weighted by Crippen LogP contribution is -2.13. The first-order chi connectivity index (χ1) is 17.0. The Balaban J connectivity index is 1.82. The fourth-order valence-electron chi connectivity index (χ4n) is 3.08. The Morgan fingerprint density at radius 2 is 1.74 bits per heavy atom. The molecule has 0 aliphatic rings. The second-order valence-electron chi connectivity index (χ2n) is 7.17. The SMILES string of the molecule is CC#CNc1cc(OC)c(OCCCNC#CCC(=O)Cc2ccccc2OC)cc1C(=O)OC. The van der Waals surface area contributed by atoms with Crippen molar-refractivity contribution in [2.24, 2.45) is 0 Å². The molecule has 0 aromatic heterocycles. The van der Waals surface area contributed by atoms with E-state index < -0.39 is 5.97 Å². The topological polar surface area (TPSA) is 95.1 Å². The summed E-state index contributed by atoms with van der Waals surface area (Å²) < 4.78 is 21.3. The van der Waals surface area contributed by atoms with E-state index in [2.05, 4.69) is 34.6 Å². The number of Topliss-reactive ketones (excluding diaryl/α,β-unsaturated/α-hetero) is 1. The maximum atomic E-state index is 12.1. The molecule has 0 unspecified atom stereocenters. The van der Waals surface area contributed by atoms with Gasteiger partial charge in [-0.15, -0.1) is 0 Å². The largest absolute Gasteiger partial charge is 0.496 e. The Kier molecular flexibility index (Phi) is 11.4. The number of anilines is 1. The number of ether oxygens (including phenoxy) is 4. The van der Waals surface area contributed by atoms with E-state index >= 15 is 0 Å². The molecule has 2 aromatic rings. The fraction of sp³-hybridized carbons (Fsp3) is 0.333. The van der Waals surface area contributed by atoms with Crippen LogP contribution in [0.15, 0.2) is 36.4 Å². The number of carbonyl (C=O) groups excluding carboxylic acids is 2. The number of rotatable bonds is 12. The summed E-state index contributed by atoms with van der Waals surface area (Å²) in [6, 6.07) is 16.1. The molecule has 0 spiro atoms. The molecule has 8 nitrogen and oxygen atoms in total. The van der Waals surface area contributed by atoms with Crippen LogP contribution in [-0.4, -0.2) is 46.2 Å². The molecule has 0 fully saturated rings. The number of hydrogen-bond donors (Lipinski definition) is 2. The zero-order chi connectivity index (χ0) is 25.5. The maximum absolute atomic E-state index is 12.1. The molecule has 0 saturated carbocycles. The van der Waals surface area contributed by atoms with Crippen LogP contribution in [0.25, 0.3) is 0 Å². The van der Waals surface area contributed by atoms with Gasteiger partial charge in [0.15, 0.2) is 11.5 Å². The summed E-state index contributed by atoms with van der Waals surface area (Å²) in [5.41, 5.74) is 1.60. The molecule has 0 bridgehead atoms. The first-order valence-corrected chi connectivity index (χ1v) is 11.0. The van der Waals surface area contributed by atoms with E-state index in [0.717, 1.165) is 5.56 Å². The molecule has 184 valence electrons. The van der Waals surface area contributed by atoms with Gasteiger partial charge in [0.25, 0.3) is 0 Å². The highest BCUT2D eigenvalue weighted by atomic mass is 16.5. The molecule has 0 atom stereocenters. The van der Waals surface area contributed by atoms with Crippen molar-refractivity contribution >= 4 is 17.4 Å². The predicted molar refractivity (Wildman–Crippen MR) is 134 cm³/mol. The van der Waals surface area contributed by atoms with Gasteiger partial charge in [0, 0.05) is 42.8 Å². The normalized spacial score (nSPS) is 9.49. The van der Waals surface area contributed by atoms with Crippen molar-refractivity contribution in [1.29, 1.82) is 0 Å². The number of esters is 1. The van der Waals surface area contributed by atoms with Crippen molar-refractivity contribution in [3.63, 3.8) is 0 Å². The Morgan fingerprint density at radius 3 is 2.46 bits per heavy atom. The van der Waals surface area contributed by atoms with Crippen molar-refractivity contribution in [3.8, 4) is 41.2 Å². The smallest absolute Gasteiger partial charge is 0.340 e. The van der Waals surface area contributed by atoms with E-state index in [0.29, 0.717) is 42.5 Å². The number of carbonyl (C=O) groups is 2. The molecular formula is C27H30N2O6. The van der Waals surface area contributed by atoms with E-state index in [-0.39, 0.29) is 24.2 Å². The maximum Gasteiger partial charge on any atom is 0.340 e. The number of para-hydroxylation sites is 1. The van der Waals surface area contributed by atoms with Gasteiger partial charge in [0.1, 0.15) is 11.5 Å². The Morgan fingerprint density at radius 1 is 0.971 bits per heavy atom. The van der Waals surface area contributed by atoms with Crippen LogP contribution in [0.4, 0.5) is 5.69 Å². The number of hydrogen-bond acceptors (Lipinski definition) is 8. The standard InChI is InChI=1S/C27H30N2O6/c1-5-13-29-23-19-25(33-3)26(18-22(23)27(31)34-4)35-16-9-15-28-14-8-11-21(30)17-20-10-6-7-12-24(20)32-2/h6-7,10,12,18-19,28-29H,9,11,15-17H2,1-4H3. The highest BCUT2D eigenvalue weighted by molar-refractivity contribution is 5.97. The quantitative estimate of drug-likeness (QED) is 0.207. The Labute approximate surface area is 206 Å². The number of nitrogens with one attached hydrogen (secondary N) is 2. The van der Waals surface area contributed by atoms with Gasteiger partial charge in [-0.2, -0.15) is 0 Å². The van der Waals surface area contributed by atoms with E-state index in [1.807, 2.05) is 24.3 Å². The van der Waals surface area contributed by atoms with E-state index in [4.69, 9.17) is 18.9 Å². The second kappa shape index (κ2) is 14.8. The van der Waals surface area contributed by atoms with Gasteiger partial charge in [0.2, 0.25) is 0 Å². The molecule has 2 N–H and O–H groups in total. The van der Waals surface area contributed by atoms with Crippen LogP contribution in [0.2, 0.25) is 0 Å². The first kappa shape index (κ1) is 26.9. The van der Waals surface area contributed by atoms with Gasteiger partial charge in [-0.05, 0) is 19.4 Å². The average molecular weight is 479 g/mol. The number of benzene rings is 2. The van der Waals surface area contributed by atoms with Crippen molar-refractivity contribution in [2.75, 3.05) is 39.8 Å². The van der Waals surface area contributed by atoms with Crippen molar-refractivity contribution in [3.05, 3.63) is 47.5 Å². The average Bonchev–Trinajstić information content (AvgIpc) is 2.88. The van der Waals surface area contributed by atoms with Gasteiger partial charge >= 0.3 is 5.97 Å². The second-order valence-corrected chi connectivity index (χ2v) is 7.17. The number of ketones is 1. The van der Waals surface area contributed by atoms with Gasteiger partial charge in [-0.3, -0.25) is 4.79 Å². The Bertz CT molecular complexity index is 1140. The van der Waals surface area contributed by atoms with Gasteiger partial charge in [0.05, 0.1) is 45.6 Å². The Hall–Kier alpha value is -4.30. The molecule has 8 heteroatoms. The fourth-order valence-corrected chi connectivity index (χ4v) is 3.08. The van der Waals surface area contributed by atoms with Crippen LogP contribution in [0.3, 0.4) is 0 Å². The molecule has 0 aliphatic heterocycles. The lowest BCUT2D eigenvalue weighted by molar-refractivity contribution is -0.117. The summed E-state index contributed by atoms with van der Waals surface area (Å²) >= 11 is 0. The zero-order valence-electron chi connectivity index (χ0n) is 20.4. The molecule has 2 aromatic carbocycles. The minimum absolute atomic E-state index is 0.0171. The predicted octanol–water partition coefficient (Wildman–Crippen LogP) is 3.40. The molecule has 0 radical (unpaired) electrons. The monoisotopic (exact) mass is 478 g/mol. The molecule has 0 aliphatic carbocycles. The third-order valence-corrected chi connectivity index (χ3v) is 4.78. The van der Waals surface area contributed by atoms with Crippen LogP contribution in [-0.2, 0) is 16.0 Å². The molecule has 0 saturated heterocycles. The van der Waals surface area contributed by atoms with E-state index in [1.54, 1.807) is 26.2 Å². The van der Waals surface area contributed by atoms with Crippen LogP contribution in [0, 0.1) is 23.9 Å². The lowest BCUT2D eigenvalue weighted by atomic mass is 10.1. The highest BCUT2D eigenvalue weighted by Gasteiger charge is 2.17. The summed E-state index contributed by atoms with van der Waals surface area (Å²) in [5, 5.41) is 5.81.